The Balaban J connectivity index is 2.11. The van der Waals surface area contributed by atoms with Crippen molar-refractivity contribution in [1.82, 2.24) is 0 Å². The summed E-state index contributed by atoms with van der Waals surface area (Å²) < 4.78 is 10.7. The van der Waals surface area contributed by atoms with Crippen LogP contribution in [0.2, 0.25) is 0 Å². The first-order chi connectivity index (χ1) is 9.74. The first-order valence-electron chi connectivity index (χ1n) is 6.98. The van der Waals surface area contributed by atoms with Crippen molar-refractivity contribution in [3.8, 4) is 0 Å². The summed E-state index contributed by atoms with van der Waals surface area (Å²) in [4.78, 5) is 12.2. The molecule has 2 aromatic carbocycles. The van der Waals surface area contributed by atoms with Crippen LogP contribution in [0.15, 0.2) is 42.5 Å². The van der Waals surface area contributed by atoms with Gasteiger partial charge in [0.2, 0.25) is 6.29 Å². The lowest BCUT2D eigenvalue weighted by molar-refractivity contribution is -0.167. The van der Waals surface area contributed by atoms with Crippen molar-refractivity contribution in [3.63, 3.8) is 0 Å². The number of benzene rings is 2. The smallest absolute Gasteiger partial charge is 0.218 e. The number of carbonyl (C=O) groups is 1. The van der Waals surface area contributed by atoms with Crippen molar-refractivity contribution < 1.29 is 14.3 Å². The Morgan fingerprint density at radius 1 is 1.00 bits per heavy atom. The van der Waals surface area contributed by atoms with Crippen molar-refractivity contribution in [1.29, 1.82) is 0 Å². The van der Waals surface area contributed by atoms with E-state index in [0.717, 1.165) is 10.9 Å². The molecule has 2 rings (SSSR count). The van der Waals surface area contributed by atoms with Crippen LogP contribution in [0.1, 0.15) is 19.4 Å². The van der Waals surface area contributed by atoms with E-state index in [1.165, 1.54) is 5.39 Å². The van der Waals surface area contributed by atoms with Crippen molar-refractivity contribution in [2.45, 2.75) is 26.6 Å². The maximum atomic E-state index is 12.2. The molecule has 0 heterocycles. The highest BCUT2D eigenvalue weighted by Crippen LogP contribution is 2.16. The Labute approximate surface area is 119 Å². The molecule has 0 saturated carbocycles. The monoisotopic (exact) mass is 272 g/mol. The highest BCUT2D eigenvalue weighted by molar-refractivity contribution is 5.87. The predicted octanol–water partition coefficient (Wildman–Crippen LogP) is 3.35. The minimum atomic E-state index is -0.753. The Kier molecular flexibility index (Phi) is 5.27. The van der Waals surface area contributed by atoms with Gasteiger partial charge in [-0.2, -0.15) is 0 Å². The maximum absolute atomic E-state index is 12.2. The van der Waals surface area contributed by atoms with E-state index in [9.17, 15) is 4.79 Å². The van der Waals surface area contributed by atoms with Gasteiger partial charge in [-0.05, 0) is 30.2 Å². The SMILES string of the molecule is CCOC(OCC)C(=O)Cc1ccc2ccccc2c1. The summed E-state index contributed by atoms with van der Waals surface area (Å²) in [6, 6.07) is 14.2. The van der Waals surface area contributed by atoms with E-state index in [1.54, 1.807) is 0 Å². The zero-order valence-electron chi connectivity index (χ0n) is 12.0. The van der Waals surface area contributed by atoms with Gasteiger partial charge in [-0.1, -0.05) is 42.5 Å². The van der Waals surface area contributed by atoms with Crippen LogP contribution in [-0.2, 0) is 20.7 Å². The Morgan fingerprint density at radius 3 is 2.30 bits per heavy atom. The molecule has 0 spiro atoms. The Bertz CT molecular complexity index is 571. The number of fused-ring (bicyclic) bond motifs is 1. The second-order valence-electron chi connectivity index (χ2n) is 4.57. The molecule has 0 aliphatic heterocycles. The summed E-state index contributed by atoms with van der Waals surface area (Å²) in [5.41, 5.74) is 0.984. The molecule has 3 heteroatoms. The van der Waals surface area contributed by atoms with E-state index < -0.39 is 6.29 Å². The van der Waals surface area contributed by atoms with Gasteiger partial charge in [0.05, 0.1) is 0 Å². The van der Waals surface area contributed by atoms with Gasteiger partial charge >= 0.3 is 0 Å². The molecular formula is C17H20O3. The predicted molar refractivity (Wildman–Crippen MR) is 79.7 cm³/mol. The molecule has 106 valence electrons. The molecule has 2 aromatic rings. The molecule has 0 radical (unpaired) electrons. The first kappa shape index (κ1) is 14.7. The van der Waals surface area contributed by atoms with Gasteiger partial charge in [0, 0.05) is 19.6 Å². The van der Waals surface area contributed by atoms with Crippen LogP contribution in [-0.4, -0.2) is 25.3 Å². The average Bonchev–Trinajstić information content (AvgIpc) is 2.47. The molecule has 0 atom stereocenters. The van der Waals surface area contributed by atoms with Crippen LogP contribution in [0.5, 0.6) is 0 Å². The van der Waals surface area contributed by atoms with Crippen LogP contribution in [0.4, 0.5) is 0 Å². The lowest BCUT2D eigenvalue weighted by Gasteiger charge is -2.15. The number of carbonyl (C=O) groups excluding carboxylic acids is 1. The lowest BCUT2D eigenvalue weighted by Crippen LogP contribution is -2.29. The lowest BCUT2D eigenvalue weighted by atomic mass is 10.0. The van der Waals surface area contributed by atoms with Crippen molar-refractivity contribution >= 4 is 16.6 Å². The summed E-state index contributed by atoms with van der Waals surface area (Å²) in [6.07, 6.45) is -0.424. The average molecular weight is 272 g/mol. The molecule has 0 aliphatic rings. The summed E-state index contributed by atoms with van der Waals surface area (Å²) >= 11 is 0. The maximum Gasteiger partial charge on any atom is 0.218 e. The number of ketones is 1. The molecule has 3 nitrogen and oxygen atoms in total. The number of hydrogen-bond acceptors (Lipinski definition) is 3. The third-order valence-corrected chi connectivity index (χ3v) is 3.09. The van der Waals surface area contributed by atoms with Gasteiger partial charge in [-0.15, -0.1) is 0 Å². The first-order valence-corrected chi connectivity index (χ1v) is 6.98. The summed E-state index contributed by atoms with van der Waals surface area (Å²) in [7, 11) is 0. The molecular weight excluding hydrogens is 252 g/mol. The van der Waals surface area contributed by atoms with Gasteiger partial charge in [-0.25, -0.2) is 0 Å². The van der Waals surface area contributed by atoms with Gasteiger partial charge < -0.3 is 9.47 Å². The fourth-order valence-corrected chi connectivity index (χ4v) is 2.17. The fraction of sp³-hybridized carbons (Fsp3) is 0.353. The van der Waals surface area contributed by atoms with Gasteiger partial charge in [-0.3, -0.25) is 4.79 Å². The zero-order chi connectivity index (χ0) is 14.4. The van der Waals surface area contributed by atoms with Gasteiger partial charge in [0.15, 0.2) is 5.78 Å². The normalized spacial score (nSPS) is 11.2. The quantitative estimate of drug-likeness (QED) is 0.725. The second kappa shape index (κ2) is 7.17. The zero-order valence-corrected chi connectivity index (χ0v) is 12.0. The third kappa shape index (κ3) is 3.65. The van der Waals surface area contributed by atoms with Crippen LogP contribution in [0.3, 0.4) is 0 Å². The molecule has 0 unspecified atom stereocenters. The van der Waals surface area contributed by atoms with E-state index >= 15 is 0 Å². The summed E-state index contributed by atoms with van der Waals surface area (Å²) in [5.74, 6) is -0.0380. The number of ether oxygens (including phenoxy) is 2. The number of Topliss-reactive ketones (excluding diaryl/α,β-unsaturated/α-hetero) is 1. The van der Waals surface area contributed by atoms with E-state index in [-0.39, 0.29) is 5.78 Å². The molecule has 0 N–H and O–H groups in total. The second-order valence-corrected chi connectivity index (χ2v) is 4.57. The van der Waals surface area contributed by atoms with Crippen LogP contribution in [0.25, 0.3) is 10.8 Å². The highest BCUT2D eigenvalue weighted by Gasteiger charge is 2.18. The molecule has 0 bridgehead atoms. The van der Waals surface area contributed by atoms with Crippen molar-refractivity contribution in [2.75, 3.05) is 13.2 Å². The number of rotatable bonds is 7. The number of hydrogen-bond donors (Lipinski definition) is 0. The third-order valence-electron chi connectivity index (χ3n) is 3.09. The topological polar surface area (TPSA) is 35.5 Å². The van der Waals surface area contributed by atoms with E-state index in [4.69, 9.17) is 9.47 Å². The van der Waals surface area contributed by atoms with Gasteiger partial charge in [0.1, 0.15) is 0 Å². The largest absolute Gasteiger partial charge is 0.346 e. The standard InChI is InChI=1S/C17H20O3/c1-3-19-17(20-4-2)16(18)12-13-9-10-14-7-5-6-8-15(14)11-13/h5-11,17H,3-4,12H2,1-2H3. The van der Waals surface area contributed by atoms with Crippen molar-refractivity contribution in [2.24, 2.45) is 0 Å². The van der Waals surface area contributed by atoms with E-state index in [2.05, 4.69) is 6.07 Å². The van der Waals surface area contributed by atoms with Crippen LogP contribution in [0, 0.1) is 0 Å². The fourth-order valence-electron chi connectivity index (χ4n) is 2.17. The molecule has 20 heavy (non-hydrogen) atoms. The highest BCUT2D eigenvalue weighted by atomic mass is 16.7. The Hall–Kier alpha value is -1.71. The van der Waals surface area contributed by atoms with Crippen LogP contribution >= 0.6 is 0 Å². The van der Waals surface area contributed by atoms with Crippen molar-refractivity contribution in [3.05, 3.63) is 48.0 Å². The minimum Gasteiger partial charge on any atom is -0.346 e. The Morgan fingerprint density at radius 2 is 1.65 bits per heavy atom. The summed E-state index contributed by atoms with van der Waals surface area (Å²) in [5, 5.41) is 2.32. The van der Waals surface area contributed by atoms with Gasteiger partial charge in [0.25, 0.3) is 0 Å². The van der Waals surface area contributed by atoms with Crippen LogP contribution < -0.4 is 0 Å². The summed E-state index contributed by atoms with van der Waals surface area (Å²) in [6.45, 7) is 4.65. The van der Waals surface area contributed by atoms with E-state index in [1.807, 2.05) is 50.2 Å². The van der Waals surface area contributed by atoms with E-state index in [0.29, 0.717) is 19.6 Å². The molecule has 0 aliphatic carbocycles. The molecule has 0 amide bonds. The molecule has 0 aromatic heterocycles. The minimum absolute atomic E-state index is 0.0380. The molecule has 0 fully saturated rings. The molecule has 0 saturated heterocycles.